The summed E-state index contributed by atoms with van der Waals surface area (Å²) in [7, 11) is -8.04. The largest absolute Gasteiger partial charge is 0.324 e. The van der Waals surface area contributed by atoms with Crippen LogP contribution in [0.25, 0.3) is 0 Å². The van der Waals surface area contributed by atoms with Crippen molar-refractivity contribution in [3.63, 3.8) is 0 Å². The van der Waals surface area contributed by atoms with E-state index >= 15 is 0 Å². The molecule has 0 atom stereocenters. The molecular weight excluding hydrogens is 468 g/mol. The Kier molecular flexibility index (Phi) is 6.21. The van der Waals surface area contributed by atoms with Crippen molar-refractivity contribution < 1.29 is 26.4 Å². The highest BCUT2D eigenvalue weighted by atomic mass is 32.2. The molecule has 0 fully saturated rings. The highest BCUT2D eigenvalue weighted by molar-refractivity contribution is 7.90. The Morgan fingerprint density at radius 2 is 1.85 bits per heavy atom. The van der Waals surface area contributed by atoms with Crippen LogP contribution in [0.5, 0.6) is 0 Å². The highest BCUT2D eigenvalue weighted by Gasteiger charge is 2.41. The van der Waals surface area contributed by atoms with Crippen LogP contribution in [0.15, 0.2) is 63.3 Å². The average Bonchev–Trinajstić information content (AvgIpc) is 2.95. The van der Waals surface area contributed by atoms with Gasteiger partial charge in [0.15, 0.2) is 0 Å². The summed E-state index contributed by atoms with van der Waals surface area (Å²) in [5, 5.41) is 2.46. The van der Waals surface area contributed by atoms with E-state index in [2.05, 4.69) is 15.0 Å². The number of carbonyl (C=O) groups excluding carboxylic acids is 2. The van der Waals surface area contributed by atoms with Gasteiger partial charge in [0.25, 0.3) is 26.0 Å². The molecule has 4 rings (SSSR count). The van der Waals surface area contributed by atoms with E-state index in [1.807, 2.05) is 0 Å². The van der Waals surface area contributed by atoms with Gasteiger partial charge in [-0.15, -0.1) is 0 Å². The number of carbonyl (C=O) groups is 2. The zero-order valence-corrected chi connectivity index (χ0v) is 19.2. The fourth-order valence-corrected chi connectivity index (χ4v) is 6.29. The van der Waals surface area contributed by atoms with E-state index in [0.29, 0.717) is 23.1 Å². The number of aliphatic imine (C=N–C) groups is 1. The minimum absolute atomic E-state index is 0.00546. The molecule has 10 nitrogen and oxygen atoms in total. The molecule has 0 bridgehead atoms. The standard InChI is InChI=1S/C21H22N4O6S2/c26-20(14-25-21(27)17-9-3-4-10-18(17)33(25,30)31)23-15-7-6-8-16(13-15)32(28,29)24-19-11-2-1-5-12-22-19/h3-4,6-10,13H,1-2,5,11-12,14H2,(H,22,24)(H,23,26). The van der Waals surface area contributed by atoms with Gasteiger partial charge in [0.1, 0.15) is 17.3 Å². The fraction of sp³-hybridized carbons (Fsp3) is 0.286. The molecule has 2 amide bonds. The number of fused-ring (bicyclic) bond motifs is 1. The van der Waals surface area contributed by atoms with Gasteiger partial charge < -0.3 is 5.32 Å². The second-order valence-electron chi connectivity index (χ2n) is 7.63. The smallest absolute Gasteiger partial charge is 0.269 e. The fourth-order valence-electron chi connectivity index (χ4n) is 3.63. The first-order valence-electron chi connectivity index (χ1n) is 10.3. The molecule has 0 aliphatic carbocycles. The van der Waals surface area contributed by atoms with Crippen LogP contribution >= 0.6 is 0 Å². The van der Waals surface area contributed by atoms with Crippen molar-refractivity contribution >= 4 is 43.4 Å². The number of amides is 2. The van der Waals surface area contributed by atoms with Gasteiger partial charge in [0, 0.05) is 18.7 Å². The van der Waals surface area contributed by atoms with Gasteiger partial charge in [0.05, 0.1) is 10.5 Å². The molecular formula is C21H22N4O6S2. The van der Waals surface area contributed by atoms with E-state index in [1.165, 1.54) is 48.5 Å². The van der Waals surface area contributed by atoms with Crippen LogP contribution in [0, 0.1) is 0 Å². The summed E-state index contributed by atoms with van der Waals surface area (Å²) in [6.07, 6.45) is 3.28. The average molecular weight is 491 g/mol. The number of hydrogen-bond donors (Lipinski definition) is 2. The van der Waals surface area contributed by atoms with Gasteiger partial charge in [-0.2, -0.15) is 0 Å². The lowest BCUT2D eigenvalue weighted by atomic mass is 10.2. The molecule has 0 saturated carbocycles. The highest BCUT2D eigenvalue weighted by Crippen LogP contribution is 2.29. The number of sulfonamides is 2. The van der Waals surface area contributed by atoms with E-state index < -0.39 is 38.4 Å². The monoisotopic (exact) mass is 490 g/mol. The van der Waals surface area contributed by atoms with Gasteiger partial charge in [-0.25, -0.2) is 21.1 Å². The lowest BCUT2D eigenvalue weighted by Gasteiger charge is -2.15. The maximum atomic E-state index is 12.7. The summed E-state index contributed by atoms with van der Waals surface area (Å²) >= 11 is 0. The van der Waals surface area contributed by atoms with Crippen molar-refractivity contribution in [2.45, 2.75) is 35.5 Å². The quantitative estimate of drug-likeness (QED) is 0.654. The minimum Gasteiger partial charge on any atom is -0.324 e. The van der Waals surface area contributed by atoms with E-state index in [0.717, 1.165) is 19.3 Å². The van der Waals surface area contributed by atoms with Crippen molar-refractivity contribution in [3.05, 3.63) is 54.1 Å². The van der Waals surface area contributed by atoms with Crippen molar-refractivity contribution in [2.75, 3.05) is 18.4 Å². The third-order valence-corrected chi connectivity index (χ3v) is 8.42. The molecule has 0 spiro atoms. The number of benzene rings is 2. The first kappa shape index (κ1) is 22.9. The summed E-state index contributed by atoms with van der Waals surface area (Å²) in [5.74, 6) is -1.17. The summed E-state index contributed by atoms with van der Waals surface area (Å²) in [6.45, 7) is -0.169. The molecule has 2 aromatic carbocycles. The first-order valence-corrected chi connectivity index (χ1v) is 13.2. The Bertz CT molecular complexity index is 1350. The third kappa shape index (κ3) is 4.76. The molecule has 2 aromatic rings. The van der Waals surface area contributed by atoms with E-state index in [1.54, 1.807) is 0 Å². The Balaban J connectivity index is 1.47. The van der Waals surface area contributed by atoms with Gasteiger partial charge >= 0.3 is 0 Å². The predicted octanol–water partition coefficient (Wildman–Crippen LogP) is 1.72. The van der Waals surface area contributed by atoms with Crippen LogP contribution < -0.4 is 10.0 Å². The SMILES string of the molecule is O=C(CN1C(=O)c2ccccc2S1(=O)=O)Nc1cccc(S(=O)(=O)NC2=NCCCCC2)c1. The maximum absolute atomic E-state index is 12.7. The van der Waals surface area contributed by atoms with Crippen LogP contribution in [0.4, 0.5) is 5.69 Å². The molecule has 0 aromatic heterocycles. The molecule has 0 radical (unpaired) electrons. The Morgan fingerprint density at radius 1 is 1.06 bits per heavy atom. The number of nitrogens with one attached hydrogen (secondary N) is 2. The molecule has 2 aliphatic rings. The lowest BCUT2D eigenvalue weighted by Crippen LogP contribution is -2.37. The first-order chi connectivity index (χ1) is 15.7. The third-order valence-electron chi connectivity index (χ3n) is 5.25. The van der Waals surface area contributed by atoms with Crippen molar-refractivity contribution in [1.29, 1.82) is 0 Å². The summed E-state index contributed by atoms with van der Waals surface area (Å²) in [5.41, 5.74) is 0.151. The van der Waals surface area contributed by atoms with E-state index in [4.69, 9.17) is 0 Å². The molecule has 0 saturated heterocycles. The Hall–Kier alpha value is -3.25. The lowest BCUT2D eigenvalue weighted by molar-refractivity contribution is -0.116. The van der Waals surface area contributed by atoms with Crippen LogP contribution in [0.1, 0.15) is 36.0 Å². The van der Waals surface area contributed by atoms with Gasteiger partial charge in [-0.3, -0.25) is 19.3 Å². The number of nitrogens with zero attached hydrogens (tertiary/aromatic N) is 2. The normalized spacial score (nSPS) is 17.6. The second-order valence-corrected chi connectivity index (χ2v) is 11.1. The van der Waals surface area contributed by atoms with Crippen LogP contribution in [0.3, 0.4) is 0 Å². The van der Waals surface area contributed by atoms with Crippen LogP contribution in [-0.2, 0) is 24.8 Å². The number of amidine groups is 1. The number of hydrogen-bond acceptors (Lipinski definition) is 7. The second kappa shape index (κ2) is 8.94. The van der Waals surface area contributed by atoms with Crippen LogP contribution in [0.2, 0.25) is 0 Å². The molecule has 174 valence electrons. The zero-order valence-electron chi connectivity index (χ0n) is 17.5. The Morgan fingerprint density at radius 3 is 2.64 bits per heavy atom. The Labute approximate surface area is 191 Å². The van der Waals surface area contributed by atoms with Crippen molar-refractivity contribution in [3.8, 4) is 0 Å². The van der Waals surface area contributed by atoms with Gasteiger partial charge in [-0.05, 0) is 43.2 Å². The van der Waals surface area contributed by atoms with Crippen molar-refractivity contribution in [1.82, 2.24) is 9.03 Å². The molecule has 2 aliphatic heterocycles. The number of anilines is 1. The van der Waals surface area contributed by atoms with Crippen molar-refractivity contribution in [2.24, 2.45) is 4.99 Å². The topological polar surface area (TPSA) is 142 Å². The van der Waals surface area contributed by atoms with E-state index in [-0.39, 0.29) is 21.0 Å². The zero-order chi connectivity index (χ0) is 23.6. The number of rotatable bonds is 5. The van der Waals surface area contributed by atoms with Gasteiger partial charge in [-0.1, -0.05) is 24.6 Å². The molecule has 0 unspecified atom stereocenters. The van der Waals surface area contributed by atoms with Gasteiger partial charge in [0.2, 0.25) is 5.91 Å². The molecule has 12 heteroatoms. The summed E-state index contributed by atoms with van der Waals surface area (Å²) in [6, 6.07) is 11.3. The molecule has 33 heavy (non-hydrogen) atoms. The van der Waals surface area contributed by atoms with E-state index in [9.17, 15) is 26.4 Å². The maximum Gasteiger partial charge on any atom is 0.269 e. The minimum atomic E-state index is -4.13. The summed E-state index contributed by atoms with van der Waals surface area (Å²) < 4.78 is 53.7. The molecule has 2 heterocycles. The van der Waals surface area contributed by atoms with Crippen LogP contribution in [-0.4, -0.2) is 51.9 Å². The summed E-state index contributed by atoms with van der Waals surface area (Å²) in [4.78, 5) is 29.0. The predicted molar refractivity (Wildman–Crippen MR) is 121 cm³/mol. The molecule has 2 N–H and O–H groups in total.